The molecule has 0 saturated carbocycles. The van der Waals surface area contributed by atoms with E-state index in [0.29, 0.717) is 33.3 Å². The summed E-state index contributed by atoms with van der Waals surface area (Å²) in [6.07, 6.45) is 1.65. The summed E-state index contributed by atoms with van der Waals surface area (Å²) in [4.78, 5) is 32.7. The molecule has 34 heavy (non-hydrogen) atoms. The third-order valence-electron chi connectivity index (χ3n) is 4.99. The first-order valence-corrected chi connectivity index (χ1v) is 11.1. The van der Waals surface area contributed by atoms with Crippen LogP contribution in [0.3, 0.4) is 0 Å². The van der Waals surface area contributed by atoms with Crippen molar-refractivity contribution >= 4 is 28.4 Å². The molecule has 0 radical (unpaired) electrons. The van der Waals surface area contributed by atoms with Gasteiger partial charge in [0.1, 0.15) is 5.82 Å². The van der Waals surface area contributed by atoms with Crippen molar-refractivity contribution in [3.05, 3.63) is 98.8 Å². The van der Waals surface area contributed by atoms with Crippen molar-refractivity contribution in [2.75, 3.05) is 0 Å². The van der Waals surface area contributed by atoms with Crippen LogP contribution in [0.25, 0.3) is 28.2 Å². The van der Waals surface area contributed by atoms with Gasteiger partial charge in [-0.3, -0.25) is 14.9 Å². The average Bonchev–Trinajstić information content (AvgIpc) is 3.32. The Bertz CT molecular complexity index is 1580. The summed E-state index contributed by atoms with van der Waals surface area (Å²) in [7, 11) is 0. The molecule has 0 saturated heterocycles. The van der Waals surface area contributed by atoms with E-state index in [1.807, 2.05) is 25.1 Å². The third-order valence-corrected chi connectivity index (χ3v) is 5.92. The molecule has 0 unspecified atom stereocenters. The minimum Gasteiger partial charge on any atom is -0.420 e. The van der Waals surface area contributed by atoms with Gasteiger partial charge in [0.2, 0.25) is 11.8 Å². The van der Waals surface area contributed by atoms with E-state index >= 15 is 0 Å². The van der Waals surface area contributed by atoms with Gasteiger partial charge in [0, 0.05) is 23.9 Å². The van der Waals surface area contributed by atoms with E-state index in [-0.39, 0.29) is 22.9 Å². The Morgan fingerprint density at radius 2 is 1.88 bits per heavy atom. The number of hydrogen-bond donors (Lipinski definition) is 0. The molecule has 0 atom stereocenters. The normalized spacial score (nSPS) is 11.1. The molecule has 2 aromatic carbocycles. The highest BCUT2D eigenvalue weighted by Gasteiger charge is 2.17. The zero-order valence-corrected chi connectivity index (χ0v) is 18.6. The van der Waals surface area contributed by atoms with Gasteiger partial charge in [0.05, 0.1) is 21.6 Å². The summed E-state index contributed by atoms with van der Waals surface area (Å²) in [6, 6.07) is 16.7. The van der Waals surface area contributed by atoms with Crippen molar-refractivity contribution in [3.8, 4) is 17.3 Å². The van der Waals surface area contributed by atoms with Gasteiger partial charge in [0.25, 0.3) is 11.2 Å². The van der Waals surface area contributed by atoms with Gasteiger partial charge in [0.15, 0.2) is 5.16 Å². The van der Waals surface area contributed by atoms with Crippen LogP contribution >= 0.6 is 11.8 Å². The van der Waals surface area contributed by atoms with Gasteiger partial charge in [-0.1, -0.05) is 23.9 Å². The fraction of sp³-hybridized carbons (Fsp3) is 0.0870. The molecule has 10 nitrogen and oxygen atoms in total. The summed E-state index contributed by atoms with van der Waals surface area (Å²) in [6.45, 7) is 1.93. The Kier molecular flexibility index (Phi) is 5.60. The third kappa shape index (κ3) is 4.16. The van der Waals surface area contributed by atoms with Crippen LogP contribution in [0, 0.1) is 17.0 Å². The molecule has 11 heteroatoms. The predicted molar refractivity (Wildman–Crippen MR) is 126 cm³/mol. The lowest BCUT2D eigenvalue weighted by molar-refractivity contribution is -0.384. The molecular formula is C23H16N6O4S. The largest absolute Gasteiger partial charge is 0.420 e. The highest BCUT2D eigenvalue weighted by atomic mass is 32.2. The number of non-ortho nitro benzene ring substituents is 1. The van der Waals surface area contributed by atoms with Crippen LogP contribution in [0.2, 0.25) is 0 Å². The topological polar surface area (TPSA) is 130 Å². The minimum atomic E-state index is -0.473. The first-order valence-electron chi connectivity index (χ1n) is 10.1. The average molecular weight is 472 g/mol. The zero-order valence-electron chi connectivity index (χ0n) is 17.8. The fourth-order valence-corrected chi connectivity index (χ4v) is 4.17. The molecule has 0 bridgehead atoms. The second-order valence-corrected chi connectivity index (χ2v) is 8.28. The van der Waals surface area contributed by atoms with Crippen LogP contribution in [0.1, 0.15) is 11.5 Å². The van der Waals surface area contributed by atoms with Crippen molar-refractivity contribution in [1.29, 1.82) is 0 Å². The number of fused-ring (bicyclic) bond motifs is 1. The monoisotopic (exact) mass is 472 g/mol. The van der Waals surface area contributed by atoms with E-state index in [9.17, 15) is 14.9 Å². The molecule has 0 spiro atoms. The number of thioether (sulfide) groups is 1. The molecular weight excluding hydrogens is 456 g/mol. The minimum absolute atomic E-state index is 0.0239. The maximum Gasteiger partial charge on any atom is 0.269 e. The number of nitro benzene ring substituents is 1. The number of nitrogens with zero attached hydrogens (tertiary/aromatic N) is 6. The molecule has 0 N–H and O–H groups in total. The molecule has 168 valence electrons. The highest BCUT2D eigenvalue weighted by Crippen LogP contribution is 2.26. The van der Waals surface area contributed by atoms with E-state index in [1.165, 1.54) is 28.5 Å². The summed E-state index contributed by atoms with van der Waals surface area (Å²) in [5.41, 5.74) is 1.87. The number of para-hydroxylation sites is 1. The Morgan fingerprint density at radius 3 is 2.65 bits per heavy atom. The Hall–Kier alpha value is -4.38. The first kappa shape index (κ1) is 21.5. The quantitative estimate of drug-likeness (QED) is 0.153. The number of rotatable bonds is 6. The molecule has 0 aliphatic heterocycles. The lowest BCUT2D eigenvalue weighted by Gasteiger charge is -2.12. The molecule has 0 aliphatic rings. The van der Waals surface area contributed by atoms with Crippen LogP contribution in [0.15, 0.2) is 81.2 Å². The van der Waals surface area contributed by atoms with Crippen LogP contribution in [0.5, 0.6) is 0 Å². The van der Waals surface area contributed by atoms with E-state index in [0.717, 1.165) is 5.56 Å². The van der Waals surface area contributed by atoms with Crippen molar-refractivity contribution in [3.63, 3.8) is 0 Å². The molecule has 0 amide bonds. The number of pyridine rings is 1. The fourth-order valence-electron chi connectivity index (χ4n) is 3.33. The SMILES string of the molecule is Cc1ccnc(-n2c(SCc3nnc(-c4ccc([N+](=O)[O-])cc4)o3)nc3ccccc3c2=O)c1. The maximum atomic E-state index is 13.3. The lowest BCUT2D eigenvalue weighted by atomic mass is 10.2. The van der Waals surface area contributed by atoms with Crippen LogP contribution < -0.4 is 5.56 Å². The second-order valence-electron chi connectivity index (χ2n) is 7.34. The van der Waals surface area contributed by atoms with Crippen molar-refractivity contribution < 1.29 is 9.34 Å². The molecule has 0 fully saturated rings. The predicted octanol–water partition coefficient (Wildman–Crippen LogP) is 4.34. The zero-order chi connectivity index (χ0) is 23.7. The van der Waals surface area contributed by atoms with Gasteiger partial charge in [-0.15, -0.1) is 10.2 Å². The van der Waals surface area contributed by atoms with E-state index in [4.69, 9.17) is 4.42 Å². The summed E-state index contributed by atoms with van der Waals surface area (Å²) in [5, 5.41) is 19.9. The van der Waals surface area contributed by atoms with E-state index in [2.05, 4.69) is 20.2 Å². The van der Waals surface area contributed by atoms with Gasteiger partial charge >= 0.3 is 0 Å². The number of benzene rings is 2. The number of hydrogen-bond acceptors (Lipinski definition) is 9. The van der Waals surface area contributed by atoms with Crippen molar-refractivity contribution in [1.82, 2.24) is 24.7 Å². The number of nitro groups is 1. The van der Waals surface area contributed by atoms with Crippen LogP contribution in [-0.2, 0) is 5.75 Å². The van der Waals surface area contributed by atoms with Crippen molar-refractivity contribution in [2.24, 2.45) is 0 Å². The molecule has 5 rings (SSSR count). The standard InChI is InChI=1S/C23H16N6O4S/c1-14-10-11-24-19(12-14)28-22(30)17-4-2-3-5-18(17)25-23(28)34-13-20-26-27-21(33-20)15-6-8-16(9-7-15)29(31)32/h2-12H,13H2,1H3. The van der Waals surface area contributed by atoms with Crippen LogP contribution in [0.4, 0.5) is 5.69 Å². The van der Waals surface area contributed by atoms with Crippen LogP contribution in [-0.4, -0.2) is 29.7 Å². The molecule has 3 heterocycles. The van der Waals surface area contributed by atoms with E-state index in [1.54, 1.807) is 36.5 Å². The maximum absolute atomic E-state index is 13.3. The summed E-state index contributed by atoms with van der Waals surface area (Å²) < 4.78 is 7.21. The van der Waals surface area contributed by atoms with Gasteiger partial charge in [-0.25, -0.2) is 14.5 Å². The second kappa shape index (κ2) is 8.87. The van der Waals surface area contributed by atoms with Crippen molar-refractivity contribution in [2.45, 2.75) is 17.8 Å². The molecule has 3 aromatic heterocycles. The smallest absolute Gasteiger partial charge is 0.269 e. The Morgan fingerprint density at radius 1 is 1.09 bits per heavy atom. The van der Waals surface area contributed by atoms with Gasteiger partial charge in [-0.2, -0.15) is 0 Å². The number of aryl methyl sites for hydroxylation is 1. The number of aromatic nitrogens is 5. The Balaban J connectivity index is 1.47. The lowest BCUT2D eigenvalue weighted by Crippen LogP contribution is -2.22. The first-order chi connectivity index (χ1) is 16.5. The van der Waals surface area contributed by atoms with Gasteiger partial charge < -0.3 is 4.42 Å². The van der Waals surface area contributed by atoms with Gasteiger partial charge in [-0.05, 0) is 48.9 Å². The van der Waals surface area contributed by atoms with E-state index < -0.39 is 4.92 Å². The molecule has 5 aromatic rings. The summed E-state index contributed by atoms with van der Waals surface area (Å²) >= 11 is 1.27. The summed E-state index contributed by atoms with van der Waals surface area (Å²) in [5.74, 6) is 1.30. The Labute approximate surface area is 196 Å². The highest BCUT2D eigenvalue weighted by molar-refractivity contribution is 7.98. The molecule has 0 aliphatic carbocycles.